The van der Waals surface area contributed by atoms with Gasteiger partial charge in [0.15, 0.2) is 0 Å². The van der Waals surface area contributed by atoms with Crippen molar-refractivity contribution in [1.82, 2.24) is 9.88 Å². The fourth-order valence-electron chi connectivity index (χ4n) is 1.90. The van der Waals surface area contributed by atoms with Crippen LogP contribution in [0.4, 0.5) is 0 Å². The van der Waals surface area contributed by atoms with Crippen LogP contribution >= 0.6 is 0 Å². The zero-order valence-corrected chi connectivity index (χ0v) is 10.8. The highest BCUT2D eigenvalue weighted by Crippen LogP contribution is 2.13. The SMILES string of the molecule is CC(CC#N)N(C)Cc1ccc2ccccc2n1. The van der Waals surface area contributed by atoms with Gasteiger partial charge in [-0.2, -0.15) is 5.26 Å². The maximum Gasteiger partial charge on any atom is 0.0705 e. The highest BCUT2D eigenvalue weighted by atomic mass is 15.1. The number of pyridine rings is 1. The first-order valence-corrected chi connectivity index (χ1v) is 6.12. The molecule has 0 aliphatic rings. The molecule has 0 spiro atoms. The van der Waals surface area contributed by atoms with Gasteiger partial charge in [0.05, 0.1) is 23.7 Å². The number of fused-ring (bicyclic) bond motifs is 1. The Hall–Kier alpha value is -1.92. The van der Waals surface area contributed by atoms with E-state index in [9.17, 15) is 0 Å². The van der Waals surface area contributed by atoms with Crippen molar-refractivity contribution in [3.8, 4) is 6.07 Å². The molecule has 0 saturated carbocycles. The van der Waals surface area contributed by atoms with Gasteiger partial charge in [0.2, 0.25) is 0 Å². The van der Waals surface area contributed by atoms with Gasteiger partial charge in [0.1, 0.15) is 0 Å². The predicted octanol–water partition coefficient (Wildman–Crippen LogP) is 2.97. The molecule has 3 nitrogen and oxygen atoms in total. The summed E-state index contributed by atoms with van der Waals surface area (Å²) in [4.78, 5) is 6.79. The Kier molecular flexibility index (Phi) is 3.91. The largest absolute Gasteiger partial charge is 0.297 e. The van der Waals surface area contributed by atoms with Crippen LogP contribution < -0.4 is 0 Å². The lowest BCUT2D eigenvalue weighted by atomic mass is 10.2. The van der Waals surface area contributed by atoms with Crippen LogP contribution in [0, 0.1) is 11.3 Å². The number of para-hydroxylation sites is 1. The third-order valence-electron chi connectivity index (χ3n) is 3.21. The maximum absolute atomic E-state index is 8.70. The first-order chi connectivity index (χ1) is 8.70. The average molecular weight is 239 g/mol. The molecule has 2 aromatic rings. The Morgan fingerprint density at radius 1 is 1.28 bits per heavy atom. The topological polar surface area (TPSA) is 39.9 Å². The summed E-state index contributed by atoms with van der Waals surface area (Å²) in [7, 11) is 2.03. The Bertz CT molecular complexity index is 571. The van der Waals surface area contributed by atoms with Gasteiger partial charge in [-0.05, 0) is 26.1 Å². The molecule has 0 aliphatic carbocycles. The molecule has 0 saturated heterocycles. The van der Waals surface area contributed by atoms with Gasteiger partial charge >= 0.3 is 0 Å². The smallest absolute Gasteiger partial charge is 0.0705 e. The molecular formula is C15H17N3. The predicted molar refractivity (Wildman–Crippen MR) is 72.9 cm³/mol. The molecule has 1 heterocycles. The van der Waals surface area contributed by atoms with Crippen molar-refractivity contribution in [2.75, 3.05) is 7.05 Å². The minimum absolute atomic E-state index is 0.253. The lowest BCUT2D eigenvalue weighted by Gasteiger charge is -2.22. The van der Waals surface area contributed by atoms with E-state index >= 15 is 0 Å². The van der Waals surface area contributed by atoms with Crippen LogP contribution in [-0.2, 0) is 6.54 Å². The normalized spacial score (nSPS) is 12.6. The maximum atomic E-state index is 8.70. The second-order valence-corrected chi connectivity index (χ2v) is 4.62. The molecule has 1 aromatic heterocycles. The van der Waals surface area contributed by atoms with Crippen LogP contribution in [0.2, 0.25) is 0 Å². The molecule has 2 rings (SSSR count). The second-order valence-electron chi connectivity index (χ2n) is 4.62. The van der Waals surface area contributed by atoms with Crippen LogP contribution in [0.5, 0.6) is 0 Å². The Labute approximate surface area is 108 Å². The molecule has 0 radical (unpaired) electrons. The van der Waals surface area contributed by atoms with E-state index in [2.05, 4.69) is 41.1 Å². The molecule has 3 heteroatoms. The summed E-state index contributed by atoms with van der Waals surface area (Å²) in [6.07, 6.45) is 0.546. The summed E-state index contributed by atoms with van der Waals surface area (Å²) in [5, 5.41) is 9.86. The Morgan fingerprint density at radius 2 is 2.06 bits per heavy atom. The minimum Gasteiger partial charge on any atom is -0.297 e. The van der Waals surface area contributed by atoms with E-state index < -0.39 is 0 Å². The van der Waals surface area contributed by atoms with E-state index in [0.717, 1.165) is 23.1 Å². The molecule has 0 amide bonds. The summed E-state index contributed by atoms with van der Waals surface area (Å²) < 4.78 is 0. The van der Waals surface area contributed by atoms with Crippen LogP contribution in [0.25, 0.3) is 10.9 Å². The molecule has 1 unspecified atom stereocenters. The van der Waals surface area contributed by atoms with Gasteiger partial charge in [0.25, 0.3) is 0 Å². The van der Waals surface area contributed by atoms with E-state index in [-0.39, 0.29) is 6.04 Å². The first kappa shape index (κ1) is 12.5. The third kappa shape index (κ3) is 2.85. The number of nitrogens with zero attached hydrogens (tertiary/aromatic N) is 3. The van der Waals surface area contributed by atoms with E-state index in [0.29, 0.717) is 6.42 Å². The molecule has 92 valence electrons. The van der Waals surface area contributed by atoms with Gasteiger partial charge in [-0.15, -0.1) is 0 Å². The second kappa shape index (κ2) is 5.61. The minimum atomic E-state index is 0.253. The lowest BCUT2D eigenvalue weighted by Crippen LogP contribution is -2.28. The van der Waals surface area contributed by atoms with Crippen molar-refractivity contribution in [2.24, 2.45) is 0 Å². The number of nitriles is 1. The van der Waals surface area contributed by atoms with Crippen LogP contribution in [0.1, 0.15) is 19.0 Å². The standard InChI is InChI=1S/C15H17N3/c1-12(9-10-16)18(2)11-14-8-7-13-5-3-4-6-15(13)17-14/h3-8,12H,9,11H2,1-2H3. The molecular weight excluding hydrogens is 222 g/mol. The first-order valence-electron chi connectivity index (χ1n) is 6.12. The summed E-state index contributed by atoms with van der Waals surface area (Å²) in [5.74, 6) is 0. The quantitative estimate of drug-likeness (QED) is 0.823. The number of benzene rings is 1. The highest BCUT2D eigenvalue weighted by molar-refractivity contribution is 5.78. The zero-order chi connectivity index (χ0) is 13.0. The summed E-state index contributed by atoms with van der Waals surface area (Å²) in [6, 6.07) is 14.7. The fourth-order valence-corrected chi connectivity index (χ4v) is 1.90. The van der Waals surface area contributed by atoms with E-state index in [1.807, 2.05) is 25.2 Å². The Balaban J connectivity index is 2.15. The fraction of sp³-hybridized carbons (Fsp3) is 0.333. The van der Waals surface area contributed by atoms with Gasteiger partial charge in [-0.3, -0.25) is 9.88 Å². The van der Waals surface area contributed by atoms with Gasteiger partial charge in [-0.25, -0.2) is 0 Å². The highest BCUT2D eigenvalue weighted by Gasteiger charge is 2.09. The van der Waals surface area contributed by atoms with E-state index in [1.165, 1.54) is 0 Å². The Morgan fingerprint density at radius 3 is 2.83 bits per heavy atom. The van der Waals surface area contributed by atoms with E-state index in [4.69, 9.17) is 5.26 Å². The molecule has 18 heavy (non-hydrogen) atoms. The van der Waals surface area contributed by atoms with Gasteiger partial charge in [-0.1, -0.05) is 24.3 Å². The third-order valence-corrected chi connectivity index (χ3v) is 3.21. The van der Waals surface area contributed by atoms with Crippen molar-refractivity contribution >= 4 is 10.9 Å². The van der Waals surface area contributed by atoms with Crippen LogP contribution in [0.15, 0.2) is 36.4 Å². The summed E-state index contributed by atoms with van der Waals surface area (Å²) in [5.41, 5.74) is 2.07. The number of hydrogen-bond donors (Lipinski definition) is 0. The molecule has 0 aliphatic heterocycles. The van der Waals surface area contributed by atoms with Crippen molar-refractivity contribution < 1.29 is 0 Å². The van der Waals surface area contributed by atoms with E-state index in [1.54, 1.807) is 0 Å². The number of rotatable bonds is 4. The molecule has 0 fully saturated rings. The molecule has 1 atom stereocenters. The van der Waals surface area contributed by atoms with Crippen molar-refractivity contribution in [3.63, 3.8) is 0 Å². The number of aromatic nitrogens is 1. The van der Waals surface area contributed by atoms with Crippen molar-refractivity contribution in [3.05, 3.63) is 42.1 Å². The summed E-state index contributed by atoms with van der Waals surface area (Å²) in [6.45, 7) is 2.83. The zero-order valence-electron chi connectivity index (χ0n) is 10.8. The van der Waals surface area contributed by atoms with Crippen LogP contribution in [-0.4, -0.2) is 23.0 Å². The number of hydrogen-bond acceptors (Lipinski definition) is 3. The molecule has 0 bridgehead atoms. The van der Waals surface area contributed by atoms with Crippen LogP contribution in [0.3, 0.4) is 0 Å². The molecule has 0 N–H and O–H groups in total. The average Bonchev–Trinajstić information content (AvgIpc) is 2.39. The monoisotopic (exact) mass is 239 g/mol. The van der Waals surface area contributed by atoms with Crippen molar-refractivity contribution in [2.45, 2.75) is 25.9 Å². The van der Waals surface area contributed by atoms with Crippen molar-refractivity contribution in [1.29, 1.82) is 5.26 Å². The van der Waals surface area contributed by atoms with Gasteiger partial charge < -0.3 is 0 Å². The van der Waals surface area contributed by atoms with Gasteiger partial charge in [0, 0.05) is 18.0 Å². The molecule has 1 aromatic carbocycles. The lowest BCUT2D eigenvalue weighted by molar-refractivity contribution is 0.250. The summed E-state index contributed by atoms with van der Waals surface area (Å²) >= 11 is 0.